The van der Waals surface area contributed by atoms with Gasteiger partial charge in [0.1, 0.15) is 18.2 Å². The second-order valence-electron chi connectivity index (χ2n) is 6.81. The molecule has 1 atom stereocenters. The van der Waals surface area contributed by atoms with Crippen molar-refractivity contribution >= 4 is 22.6 Å². The van der Waals surface area contributed by atoms with Crippen LogP contribution in [-0.2, 0) is 6.54 Å². The standard InChI is InChI=1S/C21H24ClN3O/c1-16(24-12-6-7-13-24)21-23-18-9-3-4-10-19(18)25(21)14-15-26-20-11-5-2-8-17(20)22/h2-5,8-11,16H,6-7,12-15H2,1H3. The molecule has 4 nitrogen and oxygen atoms in total. The lowest BCUT2D eigenvalue weighted by molar-refractivity contribution is 0.241. The van der Waals surface area contributed by atoms with Crippen molar-refractivity contribution in [3.63, 3.8) is 0 Å². The van der Waals surface area contributed by atoms with Crippen LogP contribution < -0.4 is 4.74 Å². The van der Waals surface area contributed by atoms with Gasteiger partial charge in [-0.05, 0) is 57.1 Å². The first-order valence-electron chi connectivity index (χ1n) is 9.30. The minimum absolute atomic E-state index is 0.310. The Labute approximate surface area is 159 Å². The first-order valence-corrected chi connectivity index (χ1v) is 9.68. The van der Waals surface area contributed by atoms with Crippen LogP contribution in [-0.4, -0.2) is 34.1 Å². The van der Waals surface area contributed by atoms with Gasteiger partial charge in [0.05, 0.1) is 28.6 Å². The Morgan fingerprint density at radius 1 is 1.08 bits per heavy atom. The largest absolute Gasteiger partial charge is 0.490 e. The molecule has 3 aromatic rings. The summed E-state index contributed by atoms with van der Waals surface area (Å²) >= 11 is 6.20. The molecule has 1 aliphatic heterocycles. The first kappa shape index (κ1) is 17.4. The summed E-state index contributed by atoms with van der Waals surface area (Å²) in [7, 11) is 0. The molecular weight excluding hydrogens is 346 g/mol. The number of hydrogen-bond donors (Lipinski definition) is 0. The topological polar surface area (TPSA) is 30.3 Å². The summed E-state index contributed by atoms with van der Waals surface area (Å²) in [5, 5.41) is 0.647. The van der Waals surface area contributed by atoms with Gasteiger partial charge in [-0.15, -0.1) is 0 Å². The van der Waals surface area contributed by atoms with Crippen LogP contribution in [0, 0.1) is 0 Å². The van der Waals surface area contributed by atoms with Crippen molar-refractivity contribution in [2.45, 2.75) is 32.4 Å². The minimum Gasteiger partial charge on any atom is -0.490 e. The monoisotopic (exact) mass is 369 g/mol. The molecule has 0 bridgehead atoms. The number of fused-ring (bicyclic) bond motifs is 1. The van der Waals surface area contributed by atoms with E-state index in [0.717, 1.165) is 42.2 Å². The highest BCUT2D eigenvalue weighted by Gasteiger charge is 2.24. The lowest BCUT2D eigenvalue weighted by Crippen LogP contribution is -2.26. The molecule has 0 N–H and O–H groups in total. The second-order valence-corrected chi connectivity index (χ2v) is 7.22. The molecule has 0 aliphatic carbocycles. The van der Waals surface area contributed by atoms with Gasteiger partial charge in [0.25, 0.3) is 0 Å². The maximum absolute atomic E-state index is 6.20. The molecule has 1 unspecified atom stereocenters. The highest BCUT2D eigenvalue weighted by molar-refractivity contribution is 6.32. The highest BCUT2D eigenvalue weighted by Crippen LogP contribution is 2.28. The molecule has 4 rings (SSSR count). The normalized spacial score (nSPS) is 16.2. The van der Waals surface area contributed by atoms with Gasteiger partial charge < -0.3 is 9.30 Å². The number of para-hydroxylation sites is 3. The van der Waals surface area contributed by atoms with Crippen LogP contribution >= 0.6 is 11.6 Å². The number of benzene rings is 2. The van der Waals surface area contributed by atoms with E-state index in [-0.39, 0.29) is 0 Å². The van der Waals surface area contributed by atoms with Crippen LogP contribution in [0.25, 0.3) is 11.0 Å². The minimum atomic E-state index is 0.310. The number of rotatable bonds is 6. The van der Waals surface area contributed by atoms with E-state index in [9.17, 15) is 0 Å². The molecule has 2 aromatic carbocycles. The summed E-state index contributed by atoms with van der Waals surface area (Å²) in [6.07, 6.45) is 2.56. The maximum Gasteiger partial charge on any atom is 0.137 e. The molecule has 26 heavy (non-hydrogen) atoms. The van der Waals surface area contributed by atoms with Gasteiger partial charge in [-0.25, -0.2) is 4.98 Å². The number of nitrogens with zero attached hydrogens (tertiary/aromatic N) is 3. The van der Waals surface area contributed by atoms with E-state index in [1.807, 2.05) is 30.3 Å². The molecular formula is C21H24ClN3O. The Hall–Kier alpha value is -2.04. The smallest absolute Gasteiger partial charge is 0.137 e. The summed E-state index contributed by atoms with van der Waals surface area (Å²) in [4.78, 5) is 7.46. The number of imidazole rings is 1. The molecule has 1 saturated heterocycles. The third-order valence-electron chi connectivity index (χ3n) is 5.16. The molecule has 1 aliphatic rings. The third-order valence-corrected chi connectivity index (χ3v) is 5.47. The Kier molecular flexibility index (Phi) is 5.14. The fourth-order valence-corrected chi connectivity index (χ4v) is 3.94. The molecule has 0 amide bonds. The highest BCUT2D eigenvalue weighted by atomic mass is 35.5. The molecule has 0 spiro atoms. The fourth-order valence-electron chi connectivity index (χ4n) is 3.75. The van der Waals surface area contributed by atoms with E-state index in [2.05, 4.69) is 34.6 Å². The van der Waals surface area contributed by atoms with E-state index in [0.29, 0.717) is 17.7 Å². The lowest BCUT2D eigenvalue weighted by Gasteiger charge is -2.24. The van der Waals surface area contributed by atoms with Crippen LogP contribution in [0.4, 0.5) is 0 Å². The van der Waals surface area contributed by atoms with Crippen molar-refractivity contribution in [2.75, 3.05) is 19.7 Å². The quantitative estimate of drug-likeness (QED) is 0.617. The van der Waals surface area contributed by atoms with Gasteiger partial charge in [0.2, 0.25) is 0 Å². The van der Waals surface area contributed by atoms with Crippen LogP contribution in [0.3, 0.4) is 0 Å². The van der Waals surface area contributed by atoms with E-state index >= 15 is 0 Å². The summed E-state index contributed by atoms with van der Waals surface area (Å²) in [5.74, 6) is 1.85. The van der Waals surface area contributed by atoms with Gasteiger partial charge in [-0.3, -0.25) is 4.90 Å². The zero-order chi connectivity index (χ0) is 17.9. The average Bonchev–Trinajstić information content (AvgIpc) is 3.31. The van der Waals surface area contributed by atoms with Gasteiger partial charge >= 0.3 is 0 Å². The van der Waals surface area contributed by atoms with Crippen molar-refractivity contribution in [3.8, 4) is 5.75 Å². The molecule has 5 heteroatoms. The van der Waals surface area contributed by atoms with Crippen LogP contribution in [0.1, 0.15) is 31.6 Å². The van der Waals surface area contributed by atoms with E-state index in [1.54, 1.807) is 0 Å². The van der Waals surface area contributed by atoms with E-state index < -0.39 is 0 Å². The van der Waals surface area contributed by atoms with Gasteiger partial charge in [-0.2, -0.15) is 0 Å². The predicted molar refractivity (Wildman–Crippen MR) is 106 cm³/mol. The Morgan fingerprint density at radius 2 is 1.81 bits per heavy atom. The Bertz CT molecular complexity index is 886. The molecule has 2 heterocycles. The van der Waals surface area contributed by atoms with E-state index in [1.165, 1.54) is 12.8 Å². The van der Waals surface area contributed by atoms with Crippen LogP contribution in [0.5, 0.6) is 5.75 Å². The zero-order valence-corrected chi connectivity index (χ0v) is 15.8. The lowest BCUT2D eigenvalue weighted by atomic mass is 10.2. The molecule has 136 valence electrons. The Morgan fingerprint density at radius 3 is 2.62 bits per heavy atom. The van der Waals surface area contributed by atoms with Crippen LogP contribution in [0.2, 0.25) is 5.02 Å². The number of ether oxygens (including phenoxy) is 1. The van der Waals surface area contributed by atoms with Crippen molar-refractivity contribution in [1.29, 1.82) is 0 Å². The fraction of sp³-hybridized carbons (Fsp3) is 0.381. The molecule has 0 saturated carbocycles. The maximum atomic E-state index is 6.20. The van der Waals surface area contributed by atoms with Gasteiger partial charge in [0, 0.05) is 0 Å². The number of hydrogen-bond acceptors (Lipinski definition) is 3. The summed E-state index contributed by atoms with van der Waals surface area (Å²) in [5.41, 5.74) is 2.21. The molecule has 1 fully saturated rings. The summed E-state index contributed by atoms with van der Waals surface area (Å²) < 4.78 is 8.23. The number of aromatic nitrogens is 2. The third kappa shape index (κ3) is 3.44. The van der Waals surface area contributed by atoms with Crippen molar-refractivity contribution in [2.24, 2.45) is 0 Å². The van der Waals surface area contributed by atoms with Gasteiger partial charge in [0.15, 0.2) is 0 Å². The van der Waals surface area contributed by atoms with Gasteiger partial charge in [-0.1, -0.05) is 35.9 Å². The summed E-state index contributed by atoms with van der Waals surface area (Å²) in [6, 6.07) is 16.3. The molecule has 1 aromatic heterocycles. The Balaban J connectivity index is 1.58. The van der Waals surface area contributed by atoms with Crippen molar-refractivity contribution in [3.05, 3.63) is 59.4 Å². The van der Waals surface area contributed by atoms with E-state index in [4.69, 9.17) is 21.3 Å². The number of halogens is 1. The SMILES string of the molecule is CC(c1nc2ccccc2n1CCOc1ccccc1Cl)N1CCCC1. The summed E-state index contributed by atoms with van der Waals surface area (Å²) in [6.45, 7) is 5.88. The zero-order valence-electron chi connectivity index (χ0n) is 15.1. The molecule has 0 radical (unpaired) electrons. The van der Waals surface area contributed by atoms with Crippen molar-refractivity contribution < 1.29 is 4.74 Å². The first-order chi connectivity index (χ1) is 12.7. The average molecular weight is 370 g/mol. The predicted octanol–water partition coefficient (Wildman–Crippen LogP) is 4.93. The second kappa shape index (κ2) is 7.68. The number of likely N-dealkylation sites (tertiary alicyclic amines) is 1. The van der Waals surface area contributed by atoms with Crippen LogP contribution in [0.15, 0.2) is 48.5 Å². The van der Waals surface area contributed by atoms with Crippen molar-refractivity contribution in [1.82, 2.24) is 14.5 Å².